The number of hydrogen-bond acceptors (Lipinski definition) is 0. The van der Waals surface area contributed by atoms with Gasteiger partial charge in [-0.25, -0.2) is 0 Å². The number of rotatable bonds is 11. The monoisotopic (exact) mass is 438 g/mol. The summed E-state index contributed by atoms with van der Waals surface area (Å²) in [6, 6.07) is 10.9. The van der Waals surface area contributed by atoms with Crippen LogP contribution in [0.3, 0.4) is 0 Å². The van der Waals surface area contributed by atoms with Crippen molar-refractivity contribution in [1.82, 2.24) is 0 Å². The first-order chi connectivity index (χ1) is 10.6. The maximum atomic E-state index is 4.61. The molecule has 0 atom stereocenters. The van der Waals surface area contributed by atoms with Crippen molar-refractivity contribution in [3.63, 3.8) is 0 Å². The van der Waals surface area contributed by atoms with Crippen LogP contribution in [-0.2, 0) is 6.54 Å². The summed E-state index contributed by atoms with van der Waals surface area (Å²) in [5.74, 6) is 0. The lowest BCUT2D eigenvalue weighted by Crippen LogP contribution is -2.39. The molecule has 0 aliphatic carbocycles. The van der Waals surface area contributed by atoms with Crippen molar-refractivity contribution in [2.24, 2.45) is 0 Å². The zero-order chi connectivity index (χ0) is 16.7. The Balaban J connectivity index is 0.00000211. The third kappa shape index (κ3) is 12.7. The molecule has 0 saturated heterocycles. The summed E-state index contributed by atoms with van der Waals surface area (Å²) in [7, 11) is 9.32. The molecule has 0 N–H and O–H groups in total. The normalized spacial score (nSPS) is 11.0. The maximum absolute atomic E-state index is 4.61. The van der Waals surface area contributed by atoms with E-state index in [9.17, 15) is 0 Å². The molecule has 0 aliphatic rings. The molecule has 0 heterocycles. The van der Waals surface area contributed by atoms with E-state index in [-0.39, 0.29) is 0 Å². The summed E-state index contributed by atoms with van der Waals surface area (Å²) in [6.45, 7) is 4.73. The second kappa shape index (κ2) is 14.8. The Morgan fingerprint density at radius 3 is 1.86 bits per heavy atom. The van der Waals surface area contributed by atoms with Crippen molar-refractivity contribution in [1.29, 1.82) is 0 Å². The smallest absolute Gasteiger partial charge is 0.104 e. The number of quaternary nitrogens is 1. The van der Waals surface area contributed by atoms with Crippen LogP contribution in [0.2, 0.25) is 0 Å². The van der Waals surface area contributed by atoms with Gasteiger partial charge in [-0.05, 0) is 21.8 Å². The van der Waals surface area contributed by atoms with Crippen LogP contribution in [-0.4, -0.2) is 25.1 Å². The van der Waals surface area contributed by atoms with E-state index in [1.165, 1.54) is 63.5 Å². The van der Waals surface area contributed by atoms with Gasteiger partial charge in [-0.15, -0.1) is 0 Å². The van der Waals surface area contributed by atoms with Crippen molar-refractivity contribution in [2.45, 2.75) is 64.8 Å². The summed E-state index contributed by atoms with van der Waals surface area (Å²) in [4.78, 5) is 0. The molecule has 0 spiro atoms. The molecule has 1 rings (SSSR count). The van der Waals surface area contributed by atoms with Crippen LogP contribution < -0.4 is 0 Å². The van der Waals surface area contributed by atoms with Gasteiger partial charge < -0.3 is 4.48 Å². The highest BCUT2D eigenvalue weighted by molar-refractivity contribution is 14.1. The predicted molar refractivity (Wildman–Crippen MR) is 110 cm³/mol. The van der Waals surface area contributed by atoms with E-state index in [0.717, 1.165) is 11.0 Å². The number of unbranched alkanes of at least 4 members (excludes halogenated alkanes) is 7. The van der Waals surface area contributed by atoms with Gasteiger partial charge in [0.05, 0.1) is 20.6 Å². The molecule has 0 saturated carbocycles. The lowest BCUT2D eigenvalue weighted by molar-refractivity contribution is -0.903. The Kier molecular flexibility index (Phi) is 14.9. The van der Waals surface area contributed by atoms with Crippen molar-refractivity contribution in [3.8, 4) is 0 Å². The van der Waals surface area contributed by atoms with Crippen molar-refractivity contribution in [3.05, 3.63) is 35.9 Å². The first-order valence-corrected chi connectivity index (χ1v) is 11.4. The first-order valence-electron chi connectivity index (χ1n) is 8.64. The molecule has 1 aromatic carbocycles. The van der Waals surface area contributed by atoms with Crippen LogP contribution in [0.15, 0.2) is 30.3 Å². The number of benzene rings is 1. The molecule has 0 aromatic heterocycles. The maximum Gasteiger partial charge on any atom is 0.104 e. The van der Waals surface area contributed by atoms with E-state index in [4.69, 9.17) is 0 Å². The Bertz CT molecular complexity index is 341. The SMILES string of the molecule is CCCCCCCCCC[N+](C)(C)Cc1ccccc1.ClI. The Hall–Kier alpha value is 0.200. The minimum atomic E-state index is 1.11. The standard InChI is InChI=1S/C19H34N.ClI/c1-4-5-6-7-8-9-10-14-17-20(2,3)18-19-15-12-11-13-16-19;1-2/h11-13,15-16H,4-10,14,17-18H2,1-3H3;/q+1;. The molecule has 0 bridgehead atoms. The number of nitrogens with zero attached hydrogens (tertiary/aromatic N) is 1. The molecule has 0 unspecified atom stereocenters. The Morgan fingerprint density at radius 1 is 0.818 bits per heavy atom. The molecule has 0 aliphatic heterocycles. The number of halogens is 2. The quantitative estimate of drug-likeness (QED) is 0.199. The third-order valence-electron chi connectivity index (χ3n) is 4.07. The van der Waals surface area contributed by atoms with Gasteiger partial charge in [0.25, 0.3) is 0 Å². The Labute approximate surface area is 155 Å². The minimum Gasteiger partial charge on any atom is -0.325 e. The van der Waals surface area contributed by atoms with E-state index >= 15 is 0 Å². The van der Waals surface area contributed by atoms with Gasteiger partial charge in [0.15, 0.2) is 0 Å². The van der Waals surface area contributed by atoms with Gasteiger partial charge in [-0.3, -0.25) is 0 Å². The lowest BCUT2D eigenvalue weighted by Gasteiger charge is -2.30. The topological polar surface area (TPSA) is 0 Å². The zero-order valence-corrected chi connectivity index (χ0v) is 17.6. The number of hydrogen-bond donors (Lipinski definition) is 0. The summed E-state index contributed by atoms with van der Waals surface area (Å²) in [6.07, 6.45) is 11.3. The molecule has 22 heavy (non-hydrogen) atoms. The fourth-order valence-corrected chi connectivity index (χ4v) is 2.83. The summed E-state index contributed by atoms with van der Waals surface area (Å²) >= 11 is 1.62. The van der Waals surface area contributed by atoms with Gasteiger partial charge in [0, 0.05) is 27.0 Å². The fourth-order valence-electron chi connectivity index (χ4n) is 2.83. The van der Waals surface area contributed by atoms with Crippen LogP contribution in [0.1, 0.15) is 63.9 Å². The van der Waals surface area contributed by atoms with E-state index in [1.807, 2.05) is 0 Å². The first kappa shape index (κ1) is 22.2. The molecule has 3 heteroatoms. The van der Waals surface area contributed by atoms with Crippen molar-refractivity contribution in [2.75, 3.05) is 20.6 Å². The van der Waals surface area contributed by atoms with Gasteiger partial charge in [0.2, 0.25) is 0 Å². The van der Waals surface area contributed by atoms with Crippen LogP contribution in [0.5, 0.6) is 0 Å². The van der Waals surface area contributed by atoms with Gasteiger partial charge in [-0.2, -0.15) is 0 Å². The van der Waals surface area contributed by atoms with Crippen LogP contribution in [0.4, 0.5) is 0 Å². The highest BCUT2D eigenvalue weighted by atomic mass is 127. The molecule has 1 nitrogen and oxygen atoms in total. The highest BCUT2D eigenvalue weighted by Crippen LogP contribution is 2.13. The van der Waals surface area contributed by atoms with E-state index in [2.05, 4.69) is 60.3 Å². The van der Waals surface area contributed by atoms with Crippen molar-refractivity contribution < 1.29 is 4.48 Å². The average molecular weight is 439 g/mol. The molecule has 0 radical (unpaired) electrons. The summed E-state index contributed by atoms with van der Waals surface area (Å²) in [5.41, 5.74) is 1.46. The van der Waals surface area contributed by atoms with E-state index in [0.29, 0.717) is 0 Å². The highest BCUT2D eigenvalue weighted by Gasteiger charge is 2.14. The second-order valence-corrected chi connectivity index (χ2v) is 6.78. The van der Waals surface area contributed by atoms with Gasteiger partial charge >= 0.3 is 0 Å². The predicted octanol–water partition coefficient (Wildman–Crippen LogP) is 6.98. The van der Waals surface area contributed by atoms with E-state index < -0.39 is 0 Å². The fraction of sp³-hybridized carbons (Fsp3) is 0.684. The molecule has 128 valence electrons. The van der Waals surface area contributed by atoms with Crippen LogP contribution in [0, 0.1) is 0 Å². The van der Waals surface area contributed by atoms with Crippen molar-refractivity contribution >= 4 is 30.4 Å². The van der Waals surface area contributed by atoms with Crippen LogP contribution in [0.25, 0.3) is 0 Å². The molecular formula is C19H34ClIN+. The third-order valence-corrected chi connectivity index (χ3v) is 4.07. The molecular weight excluding hydrogens is 405 g/mol. The van der Waals surface area contributed by atoms with E-state index in [1.54, 1.807) is 21.5 Å². The largest absolute Gasteiger partial charge is 0.325 e. The Morgan fingerprint density at radius 2 is 1.32 bits per heavy atom. The zero-order valence-electron chi connectivity index (χ0n) is 14.7. The van der Waals surface area contributed by atoms with Gasteiger partial charge in [0.1, 0.15) is 6.54 Å². The summed E-state index contributed by atoms with van der Waals surface area (Å²) in [5, 5.41) is 0. The average Bonchev–Trinajstić information content (AvgIpc) is 2.52. The second-order valence-electron chi connectivity index (χ2n) is 6.78. The van der Waals surface area contributed by atoms with Crippen LogP contribution >= 0.6 is 30.4 Å². The molecule has 0 amide bonds. The molecule has 1 aromatic rings. The molecule has 0 fully saturated rings. The minimum absolute atomic E-state index is 1.11. The van der Waals surface area contributed by atoms with Gasteiger partial charge in [-0.1, -0.05) is 75.8 Å². The lowest BCUT2D eigenvalue weighted by atomic mass is 10.1. The summed E-state index contributed by atoms with van der Waals surface area (Å²) < 4.78 is 1.11.